The number of rotatable bonds is 3. The van der Waals surface area contributed by atoms with Crippen molar-refractivity contribution < 1.29 is 0 Å². The smallest absolute Gasteiger partial charge is 0.146 e. The minimum Gasteiger partial charge on any atom is -0.261 e. The van der Waals surface area contributed by atoms with Crippen LogP contribution in [-0.4, -0.2) is 15.7 Å². The second kappa shape index (κ2) is 5.41. The number of nitrogens with zero attached hydrogens (tertiary/aromatic N) is 3. The van der Waals surface area contributed by atoms with Gasteiger partial charge in [0.15, 0.2) is 0 Å². The van der Waals surface area contributed by atoms with E-state index in [2.05, 4.69) is 20.5 Å². The molecule has 5 heteroatoms. The number of pyridine rings is 2. The van der Waals surface area contributed by atoms with E-state index in [1.807, 2.05) is 25.1 Å². The van der Waals surface area contributed by atoms with Gasteiger partial charge in [0.25, 0.3) is 0 Å². The first-order valence-corrected chi connectivity index (χ1v) is 5.47. The van der Waals surface area contributed by atoms with Gasteiger partial charge in [0.1, 0.15) is 5.82 Å². The van der Waals surface area contributed by atoms with Crippen molar-refractivity contribution in [1.29, 1.82) is 0 Å². The van der Waals surface area contributed by atoms with Gasteiger partial charge in [-0.25, -0.2) is 4.98 Å². The maximum Gasteiger partial charge on any atom is 0.146 e. The van der Waals surface area contributed by atoms with Crippen molar-refractivity contribution >= 4 is 23.1 Å². The van der Waals surface area contributed by atoms with Crippen LogP contribution in [0.5, 0.6) is 0 Å². The summed E-state index contributed by atoms with van der Waals surface area (Å²) in [6, 6.07) is 9.20. The van der Waals surface area contributed by atoms with Crippen LogP contribution >= 0.6 is 11.6 Å². The summed E-state index contributed by atoms with van der Waals surface area (Å²) < 4.78 is 0. The fraction of sp³-hybridized carbons (Fsp3) is 0.0833. The Labute approximate surface area is 104 Å². The highest BCUT2D eigenvalue weighted by atomic mass is 35.5. The highest BCUT2D eigenvalue weighted by Gasteiger charge is 1.97. The third-order valence-electron chi connectivity index (χ3n) is 2.10. The van der Waals surface area contributed by atoms with E-state index < -0.39 is 0 Å². The van der Waals surface area contributed by atoms with Crippen molar-refractivity contribution in [1.82, 2.24) is 9.97 Å². The summed E-state index contributed by atoms with van der Waals surface area (Å²) in [5, 5.41) is 4.79. The van der Waals surface area contributed by atoms with E-state index >= 15 is 0 Å². The molecule has 4 nitrogen and oxygen atoms in total. The molecule has 1 N–H and O–H groups in total. The lowest BCUT2D eigenvalue weighted by molar-refractivity contribution is 1.20. The van der Waals surface area contributed by atoms with Crippen LogP contribution in [0.2, 0.25) is 5.02 Å². The van der Waals surface area contributed by atoms with E-state index in [-0.39, 0.29) is 0 Å². The zero-order chi connectivity index (χ0) is 12.1. The number of halogens is 1. The van der Waals surface area contributed by atoms with Gasteiger partial charge in [-0.1, -0.05) is 17.7 Å². The molecule has 0 aromatic carbocycles. The van der Waals surface area contributed by atoms with Crippen LogP contribution in [0.3, 0.4) is 0 Å². The lowest BCUT2D eigenvalue weighted by atomic mass is 10.3. The van der Waals surface area contributed by atoms with E-state index in [0.29, 0.717) is 10.8 Å². The van der Waals surface area contributed by atoms with Crippen LogP contribution in [0.25, 0.3) is 0 Å². The number of aromatic nitrogens is 2. The van der Waals surface area contributed by atoms with E-state index in [1.165, 1.54) is 0 Å². The van der Waals surface area contributed by atoms with E-state index in [1.54, 1.807) is 24.5 Å². The van der Waals surface area contributed by atoms with Crippen LogP contribution in [0.1, 0.15) is 12.6 Å². The van der Waals surface area contributed by atoms with Crippen molar-refractivity contribution in [2.45, 2.75) is 6.92 Å². The Morgan fingerprint density at radius 3 is 2.76 bits per heavy atom. The minimum absolute atomic E-state index is 0.598. The van der Waals surface area contributed by atoms with Crippen molar-refractivity contribution in [3.05, 3.63) is 53.4 Å². The van der Waals surface area contributed by atoms with Gasteiger partial charge in [-0.15, -0.1) is 0 Å². The molecule has 0 amide bonds. The summed E-state index contributed by atoms with van der Waals surface area (Å²) in [6.07, 6.45) is 3.30. The molecule has 0 saturated heterocycles. The molecule has 17 heavy (non-hydrogen) atoms. The van der Waals surface area contributed by atoms with Gasteiger partial charge in [0, 0.05) is 12.4 Å². The zero-order valence-corrected chi connectivity index (χ0v) is 10.0. The average molecular weight is 247 g/mol. The Kier molecular flexibility index (Phi) is 3.67. The predicted molar refractivity (Wildman–Crippen MR) is 69.3 cm³/mol. The molecule has 0 fully saturated rings. The van der Waals surface area contributed by atoms with Crippen LogP contribution in [0.15, 0.2) is 47.8 Å². The molecule has 0 aliphatic heterocycles. The monoisotopic (exact) mass is 246 g/mol. The van der Waals surface area contributed by atoms with Crippen LogP contribution in [0, 0.1) is 0 Å². The standard InChI is InChI=1S/C12H11ClN4/c1-9(11-4-2-3-7-14-11)16-17-12-6-5-10(13)8-15-12/h2-8H,1H3,(H,15,17)/b16-9+. The Balaban J connectivity index is 2.08. The lowest BCUT2D eigenvalue weighted by Gasteiger charge is -2.02. The third-order valence-corrected chi connectivity index (χ3v) is 2.32. The molecule has 0 aliphatic carbocycles. The van der Waals surface area contributed by atoms with Crippen molar-refractivity contribution in [2.75, 3.05) is 5.43 Å². The molecule has 0 bridgehead atoms. The van der Waals surface area contributed by atoms with Gasteiger partial charge in [-0.2, -0.15) is 5.10 Å². The van der Waals surface area contributed by atoms with Gasteiger partial charge in [-0.05, 0) is 31.2 Å². The van der Waals surface area contributed by atoms with Crippen LogP contribution < -0.4 is 5.43 Å². The first-order valence-electron chi connectivity index (χ1n) is 5.09. The molecular weight excluding hydrogens is 236 g/mol. The Morgan fingerprint density at radius 2 is 2.12 bits per heavy atom. The maximum atomic E-state index is 5.73. The predicted octanol–water partition coefficient (Wildman–Crippen LogP) is 2.97. The second-order valence-electron chi connectivity index (χ2n) is 3.39. The van der Waals surface area contributed by atoms with Crippen molar-refractivity contribution in [3.63, 3.8) is 0 Å². The molecular formula is C12H11ClN4. The molecule has 0 unspecified atom stereocenters. The summed E-state index contributed by atoms with van der Waals surface area (Å²) in [5.74, 6) is 0.643. The number of anilines is 1. The quantitative estimate of drug-likeness (QED) is 0.669. The molecule has 86 valence electrons. The SMILES string of the molecule is C/C(=N\Nc1ccc(Cl)cn1)c1ccccn1. The summed E-state index contributed by atoms with van der Waals surface area (Å²) in [6.45, 7) is 1.88. The minimum atomic E-state index is 0.598. The van der Waals surface area contributed by atoms with Crippen LogP contribution in [-0.2, 0) is 0 Å². The molecule has 2 aromatic rings. The number of hydrogen-bond acceptors (Lipinski definition) is 4. The van der Waals surface area contributed by atoms with E-state index in [0.717, 1.165) is 11.4 Å². The fourth-order valence-electron chi connectivity index (χ4n) is 1.22. The molecule has 0 saturated carbocycles. The average Bonchev–Trinajstić information content (AvgIpc) is 2.39. The Bertz CT molecular complexity index is 508. The summed E-state index contributed by atoms with van der Waals surface area (Å²) >= 11 is 5.73. The molecule has 2 heterocycles. The zero-order valence-electron chi connectivity index (χ0n) is 9.26. The number of hydrazone groups is 1. The van der Waals surface area contributed by atoms with Gasteiger partial charge >= 0.3 is 0 Å². The van der Waals surface area contributed by atoms with Gasteiger partial charge < -0.3 is 0 Å². The molecule has 0 spiro atoms. The van der Waals surface area contributed by atoms with Crippen molar-refractivity contribution in [3.8, 4) is 0 Å². The molecule has 0 radical (unpaired) electrons. The number of hydrogen-bond donors (Lipinski definition) is 1. The summed E-state index contributed by atoms with van der Waals surface area (Å²) in [4.78, 5) is 8.27. The molecule has 2 rings (SSSR count). The molecule has 0 atom stereocenters. The highest BCUT2D eigenvalue weighted by Crippen LogP contribution is 2.09. The topological polar surface area (TPSA) is 50.2 Å². The van der Waals surface area contributed by atoms with Gasteiger partial charge in [0.2, 0.25) is 0 Å². The van der Waals surface area contributed by atoms with E-state index in [9.17, 15) is 0 Å². The summed E-state index contributed by atoms with van der Waals surface area (Å²) in [5.41, 5.74) is 4.47. The Hall–Kier alpha value is -1.94. The Morgan fingerprint density at radius 1 is 1.24 bits per heavy atom. The largest absolute Gasteiger partial charge is 0.261 e. The fourth-order valence-corrected chi connectivity index (χ4v) is 1.33. The number of nitrogens with one attached hydrogen (secondary N) is 1. The van der Waals surface area contributed by atoms with Gasteiger partial charge in [0.05, 0.1) is 16.4 Å². The van der Waals surface area contributed by atoms with Crippen LogP contribution in [0.4, 0.5) is 5.82 Å². The van der Waals surface area contributed by atoms with Crippen molar-refractivity contribution in [2.24, 2.45) is 5.10 Å². The van der Waals surface area contributed by atoms with Gasteiger partial charge in [-0.3, -0.25) is 10.4 Å². The second-order valence-corrected chi connectivity index (χ2v) is 3.82. The molecule has 0 aliphatic rings. The third kappa shape index (κ3) is 3.26. The maximum absolute atomic E-state index is 5.73. The summed E-state index contributed by atoms with van der Waals surface area (Å²) in [7, 11) is 0. The highest BCUT2D eigenvalue weighted by molar-refractivity contribution is 6.30. The lowest BCUT2D eigenvalue weighted by Crippen LogP contribution is -2.02. The molecule has 2 aromatic heterocycles. The normalized spacial score (nSPS) is 11.3. The first-order chi connectivity index (χ1) is 8.25. The van der Waals surface area contributed by atoms with E-state index in [4.69, 9.17) is 11.6 Å². The first kappa shape index (κ1) is 11.5.